The molecule has 0 aliphatic carbocycles. The maximum absolute atomic E-state index is 4.76. The largest absolute Gasteiger partial charge is 0.476 e. The van der Waals surface area contributed by atoms with Gasteiger partial charge >= 0.3 is 0 Å². The minimum atomic E-state index is 0.722. The van der Waals surface area contributed by atoms with E-state index in [0.717, 1.165) is 5.23 Å². The lowest BCUT2D eigenvalue weighted by molar-refractivity contribution is 0.415. The van der Waals surface area contributed by atoms with Crippen LogP contribution in [0.25, 0.3) is 0 Å². The smallest absolute Gasteiger partial charge is 0.244 e. The van der Waals surface area contributed by atoms with Crippen LogP contribution < -0.4 is 0 Å². The summed E-state index contributed by atoms with van der Waals surface area (Å²) in [5.41, 5.74) is 0. The van der Waals surface area contributed by atoms with Crippen molar-refractivity contribution in [2.24, 2.45) is 4.99 Å². The van der Waals surface area contributed by atoms with Crippen LogP contribution in [0.2, 0.25) is 0 Å². The van der Waals surface area contributed by atoms with Gasteiger partial charge in [-0.1, -0.05) is 11.8 Å². The van der Waals surface area contributed by atoms with Crippen LogP contribution in [0.5, 0.6) is 0 Å². The maximum atomic E-state index is 4.76. The standard InChI is InChI=1S/C4H9NOS/c1-5-4(6-2)7-3/h1-3H3/b5-4+. The molecule has 0 aromatic rings. The Morgan fingerprint density at radius 2 is 2.29 bits per heavy atom. The molecule has 0 aliphatic rings. The van der Waals surface area contributed by atoms with Gasteiger partial charge in [0.25, 0.3) is 0 Å². The molecule has 0 aliphatic heterocycles. The van der Waals surface area contributed by atoms with Crippen LogP contribution in [0.1, 0.15) is 0 Å². The molecule has 0 spiro atoms. The number of hydrogen-bond acceptors (Lipinski definition) is 3. The minimum absolute atomic E-state index is 0.722. The van der Waals surface area contributed by atoms with E-state index in [9.17, 15) is 0 Å². The Morgan fingerprint density at radius 1 is 1.71 bits per heavy atom. The molecule has 0 aromatic heterocycles. The Bertz CT molecular complexity index is 66.1. The second-order valence-electron chi connectivity index (χ2n) is 0.898. The van der Waals surface area contributed by atoms with Crippen molar-refractivity contribution < 1.29 is 4.74 Å². The molecule has 7 heavy (non-hydrogen) atoms. The fourth-order valence-corrected chi connectivity index (χ4v) is 0.615. The van der Waals surface area contributed by atoms with Gasteiger partial charge in [0.15, 0.2) is 0 Å². The van der Waals surface area contributed by atoms with Crippen molar-refractivity contribution >= 4 is 17.0 Å². The van der Waals surface area contributed by atoms with Crippen molar-refractivity contribution in [2.45, 2.75) is 0 Å². The molecule has 0 saturated carbocycles. The summed E-state index contributed by atoms with van der Waals surface area (Å²) in [6.45, 7) is 0. The van der Waals surface area contributed by atoms with Crippen molar-refractivity contribution in [2.75, 3.05) is 20.4 Å². The zero-order valence-electron chi connectivity index (χ0n) is 4.76. The summed E-state index contributed by atoms with van der Waals surface area (Å²) in [6, 6.07) is 0. The first-order chi connectivity index (χ1) is 3.35. The van der Waals surface area contributed by atoms with Crippen LogP contribution in [0.15, 0.2) is 4.99 Å². The van der Waals surface area contributed by atoms with E-state index in [2.05, 4.69) is 4.99 Å². The SMILES string of the molecule is C/N=C(\OC)SC. The summed E-state index contributed by atoms with van der Waals surface area (Å²) in [4.78, 5) is 3.78. The molecule has 0 N–H and O–H groups in total. The third-order valence-electron chi connectivity index (χ3n) is 0.532. The van der Waals surface area contributed by atoms with Crippen molar-refractivity contribution in [1.29, 1.82) is 0 Å². The lowest BCUT2D eigenvalue weighted by Crippen LogP contribution is -1.91. The van der Waals surface area contributed by atoms with E-state index in [1.54, 1.807) is 14.2 Å². The van der Waals surface area contributed by atoms with Crippen LogP contribution in [0.4, 0.5) is 0 Å². The Labute approximate surface area is 48.0 Å². The quantitative estimate of drug-likeness (QED) is 0.350. The molecular formula is C4H9NOS. The van der Waals surface area contributed by atoms with Gasteiger partial charge in [0, 0.05) is 7.05 Å². The predicted molar refractivity (Wildman–Crippen MR) is 33.9 cm³/mol. The highest BCUT2D eigenvalue weighted by Gasteiger charge is 1.86. The van der Waals surface area contributed by atoms with Gasteiger partial charge in [0.2, 0.25) is 5.23 Å². The van der Waals surface area contributed by atoms with Gasteiger partial charge in [-0.05, 0) is 6.26 Å². The van der Waals surface area contributed by atoms with Crippen molar-refractivity contribution in [3.05, 3.63) is 0 Å². The number of rotatable bonds is 0. The van der Waals surface area contributed by atoms with Crippen molar-refractivity contribution in [1.82, 2.24) is 0 Å². The highest BCUT2D eigenvalue weighted by molar-refractivity contribution is 8.12. The molecule has 0 unspecified atom stereocenters. The molecule has 2 nitrogen and oxygen atoms in total. The fourth-order valence-electron chi connectivity index (χ4n) is 0.266. The summed E-state index contributed by atoms with van der Waals surface area (Å²) < 4.78 is 4.76. The first kappa shape index (κ1) is 6.82. The van der Waals surface area contributed by atoms with Gasteiger partial charge in [0.1, 0.15) is 0 Å². The summed E-state index contributed by atoms with van der Waals surface area (Å²) in [6.07, 6.45) is 1.92. The maximum Gasteiger partial charge on any atom is 0.244 e. The zero-order chi connectivity index (χ0) is 5.70. The number of aliphatic imine (C=N–C) groups is 1. The van der Waals surface area contributed by atoms with Crippen LogP contribution in [-0.4, -0.2) is 25.6 Å². The Kier molecular flexibility index (Phi) is 3.89. The first-order valence-corrected chi connectivity index (χ1v) is 3.12. The normalized spacial score (nSPS) is 11.6. The van der Waals surface area contributed by atoms with E-state index in [0.29, 0.717) is 0 Å². The molecule has 0 amide bonds. The highest BCUT2D eigenvalue weighted by Crippen LogP contribution is 1.95. The molecule has 0 radical (unpaired) electrons. The van der Waals surface area contributed by atoms with E-state index < -0.39 is 0 Å². The summed E-state index contributed by atoms with van der Waals surface area (Å²) in [5, 5.41) is 0.722. The lowest BCUT2D eigenvalue weighted by atomic mass is 11.3. The van der Waals surface area contributed by atoms with E-state index in [-0.39, 0.29) is 0 Å². The Balaban J connectivity index is 3.38. The van der Waals surface area contributed by atoms with E-state index >= 15 is 0 Å². The van der Waals surface area contributed by atoms with E-state index in [4.69, 9.17) is 4.74 Å². The molecule has 0 heterocycles. The fraction of sp³-hybridized carbons (Fsp3) is 0.750. The molecule has 0 aromatic carbocycles. The average molecular weight is 119 g/mol. The lowest BCUT2D eigenvalue weighted by Gasteiger charge is -1.94. The third-order valence-corrected chi connectivity index (χ3v) is 1.23. The summed E-state index contributed by atoms with van der Waals surface area (Å²) >= 11 is 1.50. The molecule has 0 rings (SSSR count). The molecule has 3 heteroatoms. The minimum Gasteiger partial charge on any atom is -0.476 e. The van der Waals surface area contributed by atoms with Crippen LogP contribution in [-0.2, 0) is 4.74 Å². The first-order valence-electron chi connectivity index (χ1n) is 1.90. The number of methoxy groups -OCH3 is 1. The second kappa shape index (κ2) is 3.99. The molecule has 0 fully saturated rings. The summed E-state index contributed by atoms with van der Waals surface area (Å²) in [7, 11) is 3.31. The van der Waals surface area contributed by atoms with Gasteiger partial charge < -0.3 is 4.74 Å². The molecule has 42 valence electrons. The topological polar surface area (TPSA) is 21.6 Å². The van der Waals surface area contributed by atoms with Gasteiger partial charge in [-0.2, -0.15) is 0 Å². The summed E-state index contributed by atoms with van der Waals surface area (Å²) in [5.74, 6) is 0. The van der Waals surface area contributed by atoms with Crippen LogP contribution >= 0.6 is 11.8 Å². The van der Waals surface area contributed by atoms with Gasteiger partial charge in [-0.3, -0.25) is 0 Å². The van der Waals surface area contributed by atoms with Crippen LogP contribution in [0, 0.1) is 0 Å². The molecular weight excluding hydrogens is 110 g/mol. The predicted octanol–water partition coefficient (Wildman–Crippen LogP) is 0.982. The van der Waals surface area contributed by atoms with E-state index in [1.807, 2.05) is 6.26 Å². The molecule has 0 saturated heterocycles. The Morgan fingerprint density at radius 3 is 2.29 bits per heavy atom. The zero-order valence-corrected chi connectivity index (χ0v) is 5.58. The van der Waals surface area contributed by atoms with Gasteiger partial charge in [-0.15, -0.1) is 0 Å². The van der Waals surface area contributed by atoms with E-state index in [1.165, 1.54) is 11.8 Å². The average Bonchev–Trinajstić information content (AvgIpc) is 1.72. The van der Waals surface area contributed by atoms with Crippen molar-refractivity contribution in [3.63, 3.8) is 0 Å². The molecule has 0 bridgehead atoms. The van der Waals surface area contributed by atoms with Crippen LogP contribution in [0.3, 0.4) is 0 Å². The number of thioether (sulfide) groups is 1. The molecule has 0 atom stereocenters. The Hall–Kier alpha value is -0.180. The van der Waals surface area contributed by atoms with Crippen molar-refractivity contribution in [3.8, 4) is 0 Å². The van der Waals surface area contributed by atoms with Gasteiger partial charge in [-0.25, -0.2) is 4.99 Å². The second-order valence-corrected chi connectivity index (χ2v) is 1.66. The van der Waals surface area contributed by atoms with Gasteiger partial charge in [0.05, 0.1) is 7.11 Å². The third kappa shape index (κ3) is 2.51. The number of hydrogen-bond donors (Lipinski definition) is 0. The highest BCUT2D eigenvalue weighted by atomic mass is 32.2. The number of ether oxygens (including phenoxy) is 1. The monoisotopic (exact) mass is 119 g/mol. The number of nitrogens with zero attached hydrogens (tertiary/aromatic N) is 1.